The highest BCUT2D eigenvalue weighted by Crippen LogP contribution is 2.23. The Kier molecular flexibility index (Phi) is 6.19. The van der Waals surface area contributed by atoms with E-state index in [9.17, 15) is 5.11 Å². The minimum absolute atomic E-state index is 0.0812. The smallest absolute Gasteiger partial charge is 0.0611 e. The van der Waals surface area contributed by atoms with Gasteiger partial charge in [-0.05, 0) is 62.1 Å². The van der Waals surface area contributed by atoms with E-state index in [1.165, 1.54) is 16.0 Å². The van der Waals surface area contributed by atoms with Gasteiger partial charge in [-0.2, -0.15) is 0 Å². The van der Waals surface area contributed by atoms with Crippen molar-refractivity contribution in [2.75, 3.05) is 12.4 Å². The van der Waals surface area contributed by atoms with E-state index in [2.05, 4.69) is 32.0 Å². The quantitative estimate of drug-likeness (QED) is 0.589. The molecule has 0 heterocycles. The first-order valence-electron chi connectivity index (χ1n) is 6.60. The Hall–Kier alpha value is -0.510. The zero-order chi connectivity index (χ0) is 13.6. The Morgan fingerprint density at radius 3 is 2.56 bits per heavy atom. The molecule has 1 aromatic rings. The molecule has 0 radical (unpaired) electrons. The molecule has 0 spiro atoms. The first-order chi connectivity index (χ1) is 8.50. The van der Waals surface area contributed by atoms with Gasteiger partial charge in [-0.25, -0.2) is 0 Å². The molecular weight excluding hydrogens is 242 g/mol. The summed E-state index contributed by atoms with van der Waals surface area (Å²) in [5, 5.41) is 9.24. The number of thioether (sulfide) groups is 1. The molecule has 3 N–H and O–H groups in total. The van der Waals surface area contributed by atoms with Gasteiger partial charge in [0.05, 0.1) is 6.61 Å². The summed E-state index contributed by atoms with van der Waals surface area (Å²) in [5.74, 6) is 1.06. The summed E-state index contributed by atoms with van der Waals surface area (Å²) >= 11 is 1.87. The van der Waals surface area contributed by atoms with E-state index in [1.54, 1.807) is 0 Å². The molecule has 102 valence electrons. The fraction of sp³-hybridized carbons (Fsp3) is 0.600. The Labute approximate surface area is 115 Å². The standard InChI is InChI=1S/C15H25NOS/c1-4-15(16,11-17)8-5-9-18-14-7-6-12(2)13(3)10-14/h6-7,10,17H,4-5,8-9,11,16H2,1-3H3. The van der Waals surface area contributed by atoms with Crippen molar-refractivity contribution < 1.29 is 5.11 Å². The van der Waals surface area contributed by atoms with Crippen LogP contribution in [0.4, 0.5) is 0 Å². The van der Waals surface area contributed by atoms with Gasteiger partial charge < -0.3 is 10.8 Å². The number of rotatable bonds is 7. The van der Waals surface area contributed by atoms with Gasteiger partial charge in [-0.3, -0.25) is 0 Å². The third kappa shape index (κ3) is 4.63. The largest absolute Gasteiger partial charge is 0.394 e. The van der Waals surface area contributed by atoms with Crippen LogP contribution in [0.1, 0.15) is 37.3 Å². The molecular formula is C15H25NOS. The summed E-state index contributed by atoms with van der Waals surface area (Å²) in [4.78, 5) is 1.32. The van der Waals surface area contributed by atoms with Crippen LogP contribution < -0.4 is 5.73 Å². The van der Waals surface area contributed by atoms with Crippen LogP contribution in [-0.4, -0.2) is 23.0 Å². The van der Waals surface area contributed by atoms with Crippen LogP contribution in [0.25, 0.3) is 0 Å². The lowest BCUT2D eigenvalue weighted by Gasteiger charge is -2.25. The van der Waals surface area contributed by atoms with Crippen LogP contribution in [0, 0.1) is 13.8 Å². The molecule has 1 atom stereocenters. The summed E-state index contributed by atoms with van der Waals surface area (Å²) in [6.07, 6.45) is 2.76. The molecule has 0 aliphatic rings. The van der Waals surface area contributed by atoms with Crippen molar-refractivity contribution in [3.8, 4) is 0 Å². The zero-order valence-corrected chi connectivity index (χ0v) is 12.5. The Bertz CT molecular complexity index is 375. The lowest BCUT2D eigenvalue weighted by atomic mass is 9.93. The maximum Gasteiger partial charge on any atom is 0.0611 e. The van der Waals surface area contributed by atoms with Gasteiger partial charge in [-0.15, -0.1) is 11.8 Å². The summed E-state index contributed by atoms with van der Waals surface area (Å²) in [7, 11) is 0. The first kappa shape index (κ1) is 15.5. The van der Waals surface area contributed by atoms with Gasteiger partial charge in [0, 0.05) is 10.4 Å². The minimum Gasteiger partial charge on any atom is -0.394 e. The van der Waals surface area contributed by atoms with Crippen LogP contribution in [-0.2, 0) is 0 Å². The van der Waals surface area contributed by atoms with Gasteiger partial charge in [-0.1, -0.05) is 13.0 Å². The van der Waals surface area contributed by atoms with E-state index in [0.29, 0.717) is 0 Å². The second-order valence-electron chi connectivity index (χ2n) is 5.07. The van der Waals surface area contributed by atoms with Crippen LogP contribution in [0.15, 0.2) is 23.1 Å². The fourth-order valence-electron chi connectivity index (χ4n) is 1.79. The van der Waals surface area contributed by atoms with Crippen molar-refractivity contribution in [3.63, 3.8) is 0 Å². The SMILES string of the molecule is CCC(N)(CO)CCCSc1ccc(C)c(C)c1. The molecule has 0 amide bonds. The number of hydrogen-bond donors (Lipinski definition) is 2. The molecule has 0 aliphatic carbocycles. The van der Waals surface area contributed by atoms with Crippen molar-refractivity contribution in [1.29, 1.82) is 0 Å². The van der Waals surface area contributed by atoms with Crippen molar-refractivity contribution in [1.82, 2.24) is 0 Å². The van der Waals surface area contributed by atoms with Gasteiger partial charge in [0.2, 0.25) is 0 Å². The molecule has 0 saturated heterocycles. The molecule has 0 bridgehead atoms. The van der Waals surface area contributed by atoms with Gasteiger partial charge in [0.25, 0.3) is 0 Å². The Morgan fingerprint density at radius 1 is 1.28 bits per heavy atom. The third-order valence-corrected chi connectivity index (χ3v) is 4.67. The number of aryl methyl sites for hydroxylation is 2. The van der Waals surface area contributed by atoms with E-state index in [1.807, 2.05) is 18.7 Å². The van der Waals surface area contributed by atoms with Crippen LogP contribution in [0.5, 0.6) is 0 Å². The molecule has 1 rings (SSSR count). The normalized spacial score (nSPS) is 14.5. The molecule has 1 aromatic carbocycles. The third-order valence-electron chi connectivity index (χ3n) is 3.59. The van der Waals surface area contributed by atoms with Crippen molar-refractivity contribution in [2.45, 2.75) is 50.5 Å². The van der Waals surface area contributed by atoms with Gasteiger partial charge in [0.15, 0.2) is 0 Å². The second kappa shape index (κ2) is 7.17. The van der Waals surface area contributed by atoms with E-state index < -0.39 is 0 Å². The number of nitrogens with two attached hydrogens (primary N) is 1. The molecule has 2 nitrogen and oxygen atoms in total. The average Bonchev–Trinajstić information content (AvgIpc) is 2.38. The molecule has 0 aromatic heterocycles. The molecule has 0 saturated carbocycles. The second-order valence-corrected chi connectivity index (χ2v) is 6.24. The lowest BCUT2D eigenvalue weighted by Crippen LogP contribution is -2.42. The Balaban J connectivity index is 2.36. The van der Waals surface area contributed by atoms with Crippen molar-refractivity contribution in [2.24, 2.45) is 5.73 Å². The van der Waals surface area contributed by atoms with Gasteiger partial charge in [0.1, 0.15) is 0 Å². The minimum atomic E-state index is -0.385. The topological polar surface area (TPSA) is 46.2 Å². The highest BCUT2D eigenvalue weighted by Gasteiger charge is 2.20. The predicted molar refractivity (Wildman–Crippen MR) is 80.2 cm³/mol. The number of aliphatic hydroxyl groups excluding tert-OH is 1. The number of hydrogen-bond acceptors (Lipinski definition) is 3. The number of aliphatic hydroxyl groups is 1. The predicted octanol–water partition coefficient (Wildman–Crippen LogP) is 3.28. The van der Waals surface area contributed by atoms with Gasteiger partial charge >= 0.3 is 0 Å². The zero-order valence-electron chi connectivity index (χ0n) is 11.7. The van der Waals surface area contributed by atoms with E-state index in [-0.39, 0.29) is 12.1 Å². The summed E-state index contributed by atoms with van der Waals surface area (Å²) in [6.45, 7) is 6.40. The Morgan fingerprint density at radius 2 is 2.00 bits per heavy atom. The molecule has 0 fully saturated rings. The van der Waals surface area contributed by atoms with E-state index in [0.717, 1.165) is 25.0 Å². The maximum atomic E-state index is 9.24. The fourth-order valence-corrected chi connectivity index (χ4v) is 2.73. The summed E-state index contributed by atoms with van der Waals surface area (Å²) in [5.41, 5.74) is 8.36. The molecule has 18 heavy (non-hydrogen) atoms. The van der Waals surface area contributed by atoms with Crippen molar-refractivity contribution in [3.05, 3.63) is 29.3 Å². The summed E-state index contributed by atoms with van der Waals surface area (Å²) in [6, 6.07) is 6.58. The summed E-state index contributed by atoms with van der Waals surface area (Å²) < 4.78 is 0. The van der Waals surface area contributed by atoms with Crippen molar-refractivity contribution >= 4 is 11.8 Å². The lowest BCUT2D eigenvalue weighted by molar-refractivity contribution is 0.182. The van der Waals surface area contributed by atoms with E-state index in [4.69, 9.17) is 5.73 Å². The van der Waals surface area contributed by atoms with Crippen LogP contribution >= 0.6 is 11.8 Å². The first-order valence-corrected chi connectivity index (χ1v) is 7.59. The average molecular weight is 267 g/mol. The maximum absolute atomic E-state index is 9.24. The molecule has 3 heteroatoms. The van der Waals surface area contributed by atoms with Crippen LogP contribution in [0.2, 0.25) is 0 Å². The highest BCUT2D eigenvalue weighted by molar-refractivity contribution is 7.99. The monoisotopic (exact) mass is 267 g/mol. The number of benzene rings is 1. The van der Waals surface area contributed by atoms with E-state index >= 15 is 0 Å². The highest BCUT2D eigenvalue weighted by atomic mass is 32.2. The molecule has 1 unspecified atom stereocenters. The van der Waals surface area contributed by atoms with Crippen LogP contribution in [0.3, 0.4) is 0 Å². The molecule has 0 aliphatic heterocycles.